The molecule has 1 saturated carbocycles. The number of methoxy groups -OCH3 is 1. The smallest absolute Gasteiger partial charge is 0.225 e. The summed E-state index contributed by atoms with van der Waals surface area (Å²) in [5.41, 5.74) is 1.21. The summed E-state index contributed by atoms with van der Waals surface area (Å²) < 4.78 is 5.41. The number of rotatable bonds is 4. The van der Waals surface area contributed by atoms with Gasteiger partial charge in [0.15, 0.2) is 0 Å². The molecular formula is C16H21NO2. The molecule has 2 aliphatic rings. The van der Waals surface area contributed by atoms with Crippen LogP contribution < -0.4 is 4.74 Å². The average Bonchev–Trinajstić information content (AvgIpc) is 3.19. The van der Waals surface area contributed by atoms with Crippen molar-refractivity contribution in [1.29, 1.82) is 0 Å². The molecule has 1 heterocycles. The standard InChI is InChI=1S/C16H21NO2/c1-19-15-7-3-2-5-13(15)11-14-6-4-10-17(14)16(18)12-8-9-12/h2-3,5,7,12,14H,4,6,8-11H2,1H3/t14-/m0/s1. The lowest BCUT2D eigenvalue weighted by Gasteiger charge is -2.25. The van der Waals surface area contributed by atoms with Gasteiger partial charge in [0.1, 0.15) is 5.75 Å². The normalized spacial score (nSPS) is 22.6. The molecule has 1 atom stereocenters. The van der Waals surface area contributed by atoms with Crippen molar-refractivity contribution in [3.05, 3.63) is 29.8 Å². The number of hydrogen-bond acceptors (Lipinski definition) is 2. The van der Waals surface area contributed by atoms with Crippen LogP contribution in [0, 0.1) is 5.92 Å². The van der Waals surface area contributed by atoms with Gasteiger partial charge in [-0.15, -0.1) is 0 Å². The van der Waals surface area contributed by atoms with Crippen molar-refractivity contribution in [3.8, 4) is 5.75 Å². The van der Waals surface area contributed by atoms with E-state index in [9.17, 15) is 4.79 Å². The summed E-state index contributed by atoms with van der Waals surface area (Å²) in [5, 5.41) is 0. The van der Waals surface area contributed by atoms with Crippen LogP contribution in [0.2, 0.25) is 0 Å². The molecule has 2 fully saturated rings. The Bertz CT molecular complexity index is 468. The lowest BCUT2D eigenvalue weighted by Crippen LogP contribution is -2.37. The van der Waals surface area contributed by atoms with E-state index >= 15 is 0 Å². The van der Waals surface area contributed by atoms with Gasteiger partial charge in [-0.2, -0.15) is 0 Å². The maximum absolute atomic E-state index is 12.3. The molecule has 1 aliphatic carbocycles. The summed E-state index contributed by atoms with van der Waals surface area (Å²) in [6.07, 6.45) is 5.37. The van der Waals surface area contributed by atoms with Crippen LogP contribution in [0.1, 0.15) is 31.2 Å². The predicted molar refractivity (Wildman–Crippen MR) is 74.2 cm³/mol. The largest absolute Gasteiger partial charge is 0.496 e. The Morgan fingerprint density at radius 2 is 2.11 bits per heavy atom. The van der Waals surface area contributed by atoms with Gasteiger partial charge >= 0.3 is 0 Å². The number of carbonyl (C=O) groups excluding carboxylic acids is 1. The maximum atomic E-state index is 12.3. The highest BCUT2D eigenvalue weighted by atomic mass is 16.5. The molecule has 0 aromatic heterocycles. The van der Waals surface area contributed by atoms with Crippen molar-refractivity contribution in [2.24, 2.45) is 5.92 Å². The third kappa shape index (κ3) is 2.60. The second-order valence-electron chi connectivity index (χ2n) is 5.62. The molecule has 3 nitrogen and oxygen atoms in total. The van der Waals surface area contributed by atoms with Crippen LogP contribution in [0.15, 0.2) is 24.3 Å². The third-order valence-electron chi connectivity index (χ3n) is 4.23. The van der Waals surface area contributed by atoms with Crippen molar-refractivity contribution in [2.75, 3.05) is 13.7 Å². The molecule has 102 valence electrons. The Morgan fingerprint density at radius 1 is 1.32 bits per heavy atom. The van der Waals surface area contributed by atoms with Crippen LogP contribution in [-0.4, -0.2) is 30.5 Å². The van der Waals surface area contributed by atoms with Gasteiger partial charge in [-0.1, -0.05) is 18.2 Å². The number of ether oxygens (including phenoxy) is 1. The zero-order valence-electron chi connectivity index (χ0n) is 11.5. The van der Waals surface area contributed by atoms with Gasteiger partial charge in [-0.05, 0) is 43.7 Å². The van der Waals surface area contributed by atoms with Crippen molar-refractivity contribution >= 4 is 5.91 Å². The fourth-order valence-corrected chi connectivity index (χ4v) is 3.03. The first-order valence-electron chi connectivity index (χ1n) is 7.22. The number of amides is 1. The Balaban J connectivity index is 1.72. The molecule has 0 N–H and O–H groups in total. The van der Waals surface area contributed by atoms with E-state index < -0.39 is 0 Å². The molecule has 1 aliphatic heterocycles. The van der Waals surface area contributed by atoms with Gasteiger partial charge in [-0.25, -0.2) is 0 Å². The lowest BCUT2D eigenvalue weighted by molar-refractivity contribution is -0.133. The maximum Gasteiger partial charge on any atom is 0.225 e. The van der Waals surface area contributed by atoms with Gasteiger partial charge in [-0.3, -0.25) is 4.79 Å². The summed E-state index contributed by atoms with van der Waals surface area (Å²) >= 11 is 0. The Labute approximate surface area is 114 Å². The van der Waals surface area contributed by atoms with Gasteiger partial charge < -0.3 is 9.64 Å². The minimum absolute atomic E-state index is 0.332. The number of benzene rings is 1. The SMILES string of the molecule is COc1ccccc1C[C@@H]1CCCN1C(=O)C1CC1. The van der Waals surface area contributed by atoms with E-state index in [0.29, 0.717) is 17.9 Å². The lowest BCUT2D eigenvalue weighted by atomic mass is 10.0. The molecular weight excluding hydrogens is 238 g/mol. The van der Waals surface area contributed by atoms with Gasteiger partial charge in [0, 0.05) is 18.5 Å². The number of nitrogens with zero attached hydrogens (tertiary/aromatic N) is 1. The third-order valence-corrected chi connectivity index (χ3v) is 4.23. The molecule has 1 saturated heterocycles. The number of hydrogen-bond donors (Lipinski definition) is 0. The zero-order chi connectivity index (χ0) is 13.2. The van der Waals surface area contributed by atoms with Gasteiger partial charge in [0.2, 0.25) is 5.91 Å². The highest BCUT2D eigenvalue weighted by Gasteiger charge is 2.38. The second-order valence-corrected chi connectivity index (χ2v) is 5.62. The predicted octanol–water partition coefficient (Wildman–Crippen LogP) is 2.64. The first kappa shape index (κ1) is 12.5. The monoisotopic (exact) mass is 259 g/mol. The van der Waals surface area contributed by atoms with Crippen molar-refractivity contribution < 1.29 is 9.53 Å². The first-order chi connectivity index (χ1) is 9.29. The Kier molecular flexibility index (Phi) is 3.45. The fraction of sp³-hybridized carbons (Fsp3) is 0.562. The first-order valence-corrected chi connectivity index (χ1v) is 7.22. The Hall–Kier alpha value is -1.51. The summed E-state index contributed by atoms with van der Waals surface area (Å²) in [6, 6.07) is 8.50. The highest BCUT2D eigenvalue weighted by Crippen LogP contribution is 2.34. The van der Waals surface area contributed by atoms with Crippen LogP contribution in [0.4, 0.5) is 0 Å². The molecule has 0 radical (unpaired) electrons. The molecule has 3 heteroatoms. The van der Waals surface area contributed by atoms with E-state index in [1.165, 1.54) is 5.56 Å². The van der Waals surface area contributed by atoms with Crippen LogP contribution >= 0.6 is 0 Å². The summed E-state index contributed by atoms with van der Waals surface area (Å²) in [5.74, 6) is 1.66. The molecule has 0 unspecified atom stereocenters. The van der Waals surface area contributed by atoms with Crippen LogP contribution in [-0.2, 0) is 11.2 Å². The zero-order valence-corrected chi connectivity index (χ0v) is 11.5. The average molecular weight is 259 g/mol. The quantitative estimate of drug-likeness (QED) is 0.832. The van der Waals surface area contributed by atoms with E-state index in [-0.39, 0.29) is 0 Å². The van der Waals surface area contributed by atoms with Crippen LogP contribution in [0.25, 0.3) is 0 Å². The van der Waals surface area contributed by atoms with E-state index in [0.717, 1.165) is 44.4 Å². The summed E-state index contributed by atoms with van der Waals surface area (Å²) in [4.78, 5) is 14.4. The van der Waals surface area contributed by atoms with Crippen molar-refractivity contribution in [3.63, 3.8) is 0 Å². The fourth-order valence-electron chi connectivity index (χ4n) is 3.03. The second kappa shape index (κ2) is 5.24. The number of likely N-dealkylation sites (tertiary alicyclic amines) is 1. The highest BCUT2D eigenvalue weighted by molar-refractivity contribution is 5.81. The topological polar surface area (TPSA) is 29.5 Å². The number of para-hydroxylation sites is 1. The van der Waals surface area contributed by atoms with Crippen LogP contribution in [0.3, 0.4) is 0 Å². The Morgan fingerprint density at radius 3 is 2.84 bits per heavy atom. The van der Waals surface area contributed by atoms with Gasteiger partial charge in [0.05, 0.1) is 7.11 Å². The van der Waals surface area contributed by atoms with Crippen molar-refractivity contribution in [1.82, 2.24) is 4.90 Å². The van der Waals surface area contributed by atoms with E-state index in [4.69, 9.17) is 4.74 Å². The molecule has 3 rings (SSSR count). The number of carbonyl (C=O) groups is 1. The molecule has 1 amide bonds. The summed E-state index contributed by atoms with van der Waals surface area (Å²) in [6.45, 7) is 0.940. The van der Waals surface area contributed by atoms with E-state index in [1.807, 2.05) is 18.2 Å². The van der Waals surface area contributed by atoms with Crippen molar-refractivity contribution in [2.45, 2.75) is 38.1 Å². The van der Waals surface area contributed by atoms with Gasteiger partial charge in [0.25, 0.3) is 0 Å². The molecule has 0 spiro atoms. The molecule has 0 bridgehead atoms. The molecule has 1 aromatic carbocycles. The van der Waals surface area contributed by atoms with Crippen LogP contribution in [0.5, 0.6) is 5.75 Å². The van der Waals surface area contributed by atoms with E-state index in [1.54, 1.807) is 7.11 Å². The summed E-state index contributed by atoms with van der Waals surface area (Å²) in [7, 11) is 1.71. The molecule has 1 aromatic rings. The van der Waals surface area contributed by atoms with E-state index in [2.05, 4.69) is 11.0 Å². The molecule has 19 heavy (non-hydrogen) atoms. The minimum Gasteiger partial charge on any atom is -0.496 e. The minimum atomic E-state index is 0.332.